The molecule has 5 heteroatoms. The van der Waals surface area contributed by atoms with E-state index in [4.69, 9.17) is 4.74 Å². The molecule has 0 heterocycles. The minimum absolute atomic E-state index is 0.0993. The molecule has 1 unspecified atom stereocenters. The first-order chi connectivity index (χ1) is 10.1. The molecule has 0 aromatic heterocycles. The zero-order valence-corrected chi connectivity index (χ0v) is 13.2. The third-order valence-electron chi connectivity index (χ3n) is 3.03. The van der Waals surface area contributed by atoms with Crippen LogP contribution in [-0.4, -0.2) is 25.2 Å². The molecule has 0 aliphatic carbocycles. The number of nitrogens with one attached hydrogen (secondary N) is 1. The highest BCUT2D eigenvalue weighted by Crippen LogP contribution is 2.22. The summed E-state index contributed by atoms with van der Waals surface area (Å²) in [7, 11) is 1.34. The highest BCUT2D eigenvalue weighted by molar-refractivity contribution is 7.98. The summed E-state index contributed by atoms with van der Waals surface area (Å²) < 4.78 is 4.70. The Morgan fingerprint density at radius 2 is 2.05 bits per heavy atom. The van der Waals surface area contributed by atoms with Crippen LogP contribution >= 0.6 is 11.8 Å². The van der Waals surface area contributed by atoms with E-state index in [1.165, 1.54) is 7.11 Å². The van der Waals surface area contributed by atoms with E-state index in [0.717, 1.165) is 10.5 Å². The van der Waals surface area contributed by atoms with Crippen LogP contribution in [-0.2, 0) is 14.3 Å². The Labute approximate surface area is 130 Å². The van der Waals surface area contributed by atoms with Crippen molar-refractivity contribution in [2.75, 3.05) is 13.4 Å². The second-order valence-electron chi connectivity index (χ2n) is 4.50. The molecule has 0 spiro atoms. The summed E-state index contributed by atoms with van der Waals surface area (Å²) in [5.41, 5.74) is 0.894. The molecule has 0 aliphatic heterocycles. The normalized spacial score (nSPS) is 11.5. The number of hydrogen-bond donors (Lipinski definition) is 1. The molecule has 0 saturated heterocycles. The molecule has 1 rings (SSSR count). The van der Waals surface area contributed by atoms with Crippen molar-refractivity contribution in [3.63, 3.8) is 0 Å². The smallest absolute Gasteiger partial charge is 0.307 e. The van der Waals surface area contributed by atoms with E-state index in [-0.39, 0.29) is 24.3 Å². The molecular formula is C16H21NO3S. The summed E-state index contributed by atoms with van der Waals surface area (Å²) in [5.74, 6) is -0.448. The third-order valence-corrected chi connectivity index (χ3v) is 3.77. The largest absolute Gasteiger partial charge is 0.469 e. The van der Waals surface area contributed by atoms with Gasteiger partial charge in [0.15, 0.2) is 0 Å². The second kappa shape index (κ2) is 9.23. The van der Waals surface area contributed by atoms with Crippen LogP contribution in [0.1, 0.15) is 30.9 Å². The van der Waals surface area contributed by atoms with Gasteiger partial charge in [0.05, 0.1) is 19.6 Å². The lowest BCUT2D eigenvalue weighted by molar-refractivity contribution is -0.141. The van der Waals surface area contributed by atoms with Crippen molar-refractivity contribution in [2.24, 2.45) is 0 Å². The summed E-state index contributed by atoms with van der Waals surface area (Å²) in [6, 6.07) is 7.42. The standard InChI is InChI=1S/C16H21NO3S/c1-4-5-6-15(18)17-14(11-16(19)20-2)12-7-9-13(21-3)10-8-12/h4,7-10,14H,1,5-6,11H2,2-3H3,(H,17,18). The number of carbonyl (C=O) groups is 2. The van der Waals surface area contributed by atoms with Gasteiger partial charge in [0, 0.05) is 11.3 Å². The van der Waals surface area contributed by atoms with E-state index in [2.05, 4.69) is 11.9 Å². The van der Waals surface area contributed by atoms with Gasteiger partial charge in [0.25, 0.3) is 0 Å². The van der Waals surface area contributed by atoms with E-state index >= 15 is 0 Å². The Morgan fingerprint density at radius 3 is 2.57 bits per heavy atom. The van der Waals surface area contributed by atoms with E-state index in [1.54, 1.807) is 17.8 Å². The quantitative estimate of drug-likeness (QED) is 0.455. The van der Waals surface area contributed by atoms with Crippen LogP contribution in [0.2, 0.25) is 0 Å². The van der Waals surface area contributed by atoms with Gasteiger partial charge in [-0.3, -0.25) is 9.59 Å². The monoisotopic (exact) mass is 307 g/mol. The molecule has 0 bridgehead atoms. The number of thioether (sulfide) groups is 1. The van der Waals surface area contributed by atoms with Gasteiger partial charge in [-0.2, -0.15) is 0 Å². The highest BCUT2D eigenvalue weighted by Gasteiger charge is 2.18. The van der Waals surface area contributed by atoms with Crippen LogP contribution in [0.5, 0.6) is 0 Å². The van der Waals surface area contributed by atoms with Gasteiger partial charge in [0.2, 0.25) is 5.91 Å². The number of carbonyl (C=O) groups excluding carboxylic acids is 2. The maximum Gasteiger partial charge on any atom is 0.307 e. The van der Waals surface area contributed by atoms with Gasteiger partial charge in [-0.25, -0.2) is 0 Å². The fourth-order valence-corrected chi connectivity index (χ4v) is 2.25. The van der Waals surface area contributed by atoms with Gasteiger partial charge in [-0.15, -0.1) is 18.3 Å². The molecule has 0 fully saturated rings. The first kappa shape index (κ1) is 17.3. The lowest BCUT2D eigenvalue weighted by Gasteiger charge is -2.18. The second-order valence-corrected chi connectivity index (χ2v) is 5.38. The molecule has 1 amide bonds. The molecule has 1 N–H and O–H groups in total. The number of amides is 1. The van der Waals surface area contributed by atoms with Crippen LogP contribution in [0.4, 0.5) is 0 Å². The van der Waals surface area contributed by atoms with Crippen molar-refractivity contribution in [1.29, 1.82) is 0 Å². The number of allylic oxidation sites excluding steroid dienone is 1. The molecule has 21 heavy (non-hydrogen) atoms. The number of methoxy groups -OCH3 is 1. The molecule has 4 nitrogen and oxygen atoms in total. The van der Waals surface area contributed by atoms with Crippen molar-refractivity contribution in [3.8, 4) is 0 Å². The van der Waals surface area contributed by atoms with E-state index < -0.39 is 0 Å². The molecule has 1 atom stereocenters. The van der Waals surface area contributed by atoms with Crippen LogP contribution in [0.3, 0.4) is 0 Å². The van der Waals surface area contributed by atoms with Crippen LogP contribution in [0.25, 0.3) is 0 Å². The van der Waals surface area contributed by atoms with Crippen LogP contribution in [0, 0.1) is 0 Å². The van der Waals surface area contributed by atoms with Crippen molar-refractivity contribution in [2.45, 2.75) is 30.2 Å². The average Bonchev–Trinajstić information content (AvgIpc) is 2.52. The summed E-state index contributed by atoms with van der Waals surface area (Å²) in [5, 5.41) is 2.88. The van der Waals surface area contributed by atoms with E-state index in [1.807, 2.05) is 30.5 Å². The van der Waals surface area contributed by atoms with E-state index in [0.29, 0.717) is 12.8 Å². The van der Waals surface area contributed by atoms with Gasteiger partial charge < -0.3 is 10.1 Å². The lowest BCUT2D eigenvalue weighted by atomic mass is 10.0. The minimum atomic E-state index is -0.370. The van der Waals surface area contributed by atoms with Crippen molar-refractivity contribution in [3.05, 3.63) is 42.5 Å². The van der Waals surface area contributed by atoms with Crippen molar-refractivity contribution < 1.29 is 14.3 Å². The molecular weight excluding hydrogens is 286 g/mol. The Balaban J connectivity index is 2.81. The predicted molar refractivity (Wildman–Crippen MR) is 85.2 cm³/mol. The molecule has 1 aromatic rings. The van der Waals surface area contributed by atoms with E-state index in [9.17, 15) is 9.59 Å². The van der Waals surface area contributed by atoms with Crippen LogP contribution in [0.15, 0.2) is 41.8 Å². The Morgan fingerprint density at radius 1 is 1.38 bits per heavy atom. The van der Waals surface area contributed by atoms with Gasteiger partial charge in [0.1, 0.15) is 0 Å². The maximum atomic E-state index is 11.9. The molecule has 114 valence electrons. The van der Waals surface area contributed by atoms with Gasteiger partial charge in [-0.1, -0.05) is 18.2 Å². The summed E-state index contributed by atoms with van der Waals surface area (Å²) >= 11 is 1.64. The maximum absolute atomic E-state index is 11.9. The fraction of sp³-hybridized carbons (Fsp3) is 0.375. The molecule has 0 saturated carbocycles. The Bertz CT molecular complexity index is 485. The highest BCUT2D eigenvalue weighted by atomic mass is 32.2. The summed E-state index contributed by atoms with van der Waals surface area (Å²) in [4.78, 5) is 24.5. The lowest BCUT2D eigenvalue weighted by Crippen LogP contribution is -2.30. The zero-order chi connectivity index (χ0) is 15.7. The number of benzene rings is 1. The fourth-order valence-electron chi connectivity index (χ4n) is 1.84. The SMILES string of the molecule is C=CCCC(=O)NC(CC(=O)OC)c1ccc(SC)cc1. The zero-order valence-electron chi connectivity index (χ0n) is 12.4. The first-order valence-corrected chi connectivity index (χ1v) is 7.94. The first-order valence-electron chi connectivity index (χ1n) is 6.71. The number of rotatable bonds is 8. The topological polar surface area (TPSA) is 55.4 Å². The number of hydrogen-bond acceptors (Lipinski definition) is 4. The number of ether oxygens (including phenoxy) is 1. The van der Waals surface area contributed by atoms with Crippen LogP contribution < -0.4 is 5.32 Å². The Kier molecular flexibility index (Phi) is 7.61. The third kappa shape index (κ3) is 6.04. The predicted octanol–water partition coefficient (Wildman–Crippen LogP) is 3.10. The average molecular weight is 307 g/mol. The van der Waals surface area contributed by atoms with Gasteiger partial charge in [-0.05, 0) is 30.4 Å². The Hall–Kier alpha value is -1.75. The number of esters is 1. The molecule has 1 aromatic carbocycles. The van der Waals surface area contributed by atoms with Gasteiger partial charge >= 0.3 is 5.97 Å². The molecule has 0 radical (unpaired) electrons. The molecule has 0 aliphatic rings. The summed E-state index contributed by atoms with van der Waals surface area (Å²) in [6.07, 6.45) is 4.79. The minimum Gasteiger partial charge on any atom is -0.469 e. The van der Waals surface area contributed by atoms with Crippen molar-refractivity contribution >= 4 is 23.6 Å². The van der Waals surface area contributed by atoms with Crippen molar-refractivity contribution in [1.82, 2.24) is 5.32 Å². The summed E-state index contributed by atoms with van der Waals surface area (Å²) in [6.45, 7) is 3.59.